The summed E-state index contributed by atoms with van der Waals surface area (Å²) in [5, 5.41) is 4.23. The van der Waals surface area contributed by atoms with Crippen LogP contribution in [-0.2, 0) is 6.54 Å². The van der Waals surface area contributed by atoms with Crippen LogP contribution in [0.4, 0.5) is 5.95 Å². The molecular weight excluding hydrogens is 190 g/mol. The van der Waals surface area contributed by atoms with Gasteiger partial charge in [0.05, 0.1) is 6.20 Å². The molecule has 0 spiro atoms. The monoisotopic (exact) mass is 203 g/mol. The summed E-state index contributed by atoms with van der Waals surface area (Å²) in [4.78, 5) is 7.88. The third-order valence-corrected chi connectivity index (χ3v) is 2.09. The van der Waals surface area contributed by atoms with E-state index in [1.807, 2.05) is 17.1 Å². The van der Waals surface area contributed by atoms with E-state index in [9.17, 15) is 0 Å². The lowest BCUT2D eigenvalue weighted by Crippen LogP contribution is -1.95. The fourth-order valence-electron chi connectivity index (χ4n) is 1.35. The predicted molar refractivity (Wildman–Crippen MR) is 58.0 cm³/mol. The number of aromatic nitrogens is 4. The smallest absolute Gasteiger partial charge is 0.219 e. The van der Waals surface area contributed by atoms with Crippen molar-refractivity contribution in [1.29, 1.82) is 0 Å². The number of hydrogen-bond acceptors (Lipinski definition) is 4. The molecule has 2 N–H and O–H groups in total. The molecule has 5 nitrogen and oxygen atoms in total. The predicted octanol–water partition coefficient (Wildman–Crippen LogP) is 1.33. The first-order valence-corrected chi connectivity index (χ1v) is 4.90. The lowest BCUT2D eigenvalue weighted by molar-refractivity contribution is 0.603. The molecule has 0 amide bonds. The Morgan fingerprint density at radius 3 is 2.60 bits per heavy atom. The molecule has 2 rings (SSSR count). The van der Waals surface area contributed by atoms with Crippen LogP contribution in [0.25, 0.3) is 11.1 Å². The van der Waals surface area contributed by atoms with Gasteiger partial charge in [0.1, 0.15) is 0 Å². The Morgan fingerprint density at radius 1 is 1.20 bits per heavy atom. The van der Waals surface area contributed by atoms with Gasteiger partial charge in [-0.2, -0.15) is 5.10 Å². The zero-order valence-corrected chi connectivity index (χ0v) is 8.59. The van der Waals surface area contributed by atoms with Crippen molar-refractivity contribution in [3.05, 3.63) is 24.8 Å². The number of nitrogen functional groups attached to an aromatic ring is 1. The Hall–Kier alpha value is -1.91. The first-order chi connectivity index (χ1) is 7.29. The number of anilines is 1. The number of aryl methyl sites for hydroxylation is 1. The molecule has 78 valence electrons. The Balaban J connectivity index is 2.25. The van der Waals surface area contributed by atoms with Crippen molar-refractivity contribution in [2.24, 2.45) is 0 Å². The topological polar surface area (TPSA) is 69.6 Å². The summed E-state index contributed by atoms with van der Waals surface area (Å²) in [7, 11) is 0. The fourth-order valence-corrected chi connectivity index (χ4v) is 1.35. The van der Waals surface area contributed by atoms with Gasteiger partial charge < -0.3 is 5.73 Å². The highest BCUT2D eigenvalue weighted by Crippen LogP contribution is 2.16. The lowest BCUT2D eigenvalue weighted by Gasteiger charge is -1.96. The van der Waals surface area contributed by atoms with E-state index in [0.717, 1.165) is 24.1 Å². The molecule has 0 radical (unpaired) electrons. The summed E-state index contributed by atoms with van der Waals surface area (Å²) in [6.45, 7) is 3.05. The molecule has 2 heterocycles. The van der Waals surface area contributed by atoms with Gasteiger partial charge in [-0.15, -0.1) is 0 Å². The summed E-state index contributed by atoms with van der Waals surface area (Å²) in [6, 6.07) is 0. The van der Waals surface area contributed by atoms with Crippen molar-refractivity contribution < 1.29 is 0 Å². The van der Waals surface area contributed by atoms with Crippen molar-refractivity contribution >= 4 is 5.95 Å². The van der Waals surface area contributed by atoms with Crippen LogP contribution in [0.1, 0.15) is 13.3 Å². The van der Waals surface area contributed by atoms with E-state index in [0.29, 0.717) is 5.95 Å². The summed E-state index contributed by atoms with van der Waals surface area (Å²) in [5.74, 6) is 0.291. The van der Waals surface area contributed by atoms with E-state index in [4.69, 9.17) is 5.73 Å². The minimum Gasteiger partial charge on any atom is -0.368 e. The maximum absolute atomic E-state index is 5.41. The molecule has 5 heteroatoms. The summed E-state index contributed by atoms with van der Waals surface area (Å²) >= 11 is 0. The third-order valence-electron chi connectivity index (χ3n) is 2.09. The molecule has 0 aliphatic rings. The van der Waals surface area contributed by atoms with Gasteiger partial charge in [-0.3, -0.25) is 4.68 Å². The number of rotatable bonds is 3. The Morgan fingerprint density at radius 2 is 1.93 bits per heavy atom. The van der Waals surface area contributed by atoms with Crippen LogP contribution in [0.2, 0.25) is 0 Å². The van der Waals surface area contributed by atoms with Crippen LogP contribution < -0.4 is 5.73 Å². The molecule has 0 aliphatic carbocycles. The van der Waals surface area contributed by atoms with Crippen LogP contribution in [-0.4, -0.2) is 19.7 Å². The summed E-state index contributed by atoms with van der Waals surface area (Å²) in [6.07, 6.45) is 8.27. The highest BCUT2D eigenvalue weighted by atomic mass is 15.3. The van der Waals surface area contributed by atoms with E-state index in [2.05, 4.69) is 22.0 Å². The molecule has 0 saturated carbocycles. The van der Waals surface area contributed by atoms with Gasteiger partial charge in [0, 0.05) is 36.3 Å². The fraction of sp³-hybridized carbons (Fsp3) is 0.300. The van der Waals surface area contributed by atoms with Crippen molar-refractivity contribution in [3.8, 4) is 11.1 Å². The third kappa shape index (κ3) is 2.12. The van der Waals surface area contributed by atoms with Crippen molar-refractivity contribution in [1.82, 2.24) is 19.7 Å². The maximum Gasteiger partial charge on any atom is 0.219 e. The van der Waals surface area contributed by atoms with Gasteiger partial charge >= 0.3 is 0 Å². The van der Waals surface area contributed by atoms with Crippen molar-refractivity contribution in [2.45, 2.75) is 19.9 Å². The van der Waals surface area contributed by atoms with Crippen molar-refractivity contribution in [2.75, 3.05) is 5.73 Å². The van der Waals surface area contributed by atoms with Crippen LogP contribution in [0.15, 0.2) is 24.8 Å². The van der Waals surface area contributed by atoms with Gasteiger partial charge in [-0.1, -0.05) is 6.92 Å². The summed E-state index contributed by atoms with van der Waals surface area (Å²) < 4.78 is 1.91. The van der Waals surface area contributed by atoms with Gasteiger partial charge in [-0.25, -0.2) is 9.97 Å². The second-order valence-electron chi connectivity index (χ2n) is 3.32. The molecule has 0 atom stereocenters. The SMILES string of the molecule is CCCn1cc(-c2cnc(N)nc2)cn1. The zero-order valence-electron chi connectivity index (χ0n) is 8.59. The number of nitrogens with zero attached hydrogens (tertiary/aromatic N) is 4. The average Bonchev–Trinajstić information content (AvgIpc) is 2.68. The second kappa shape index (κ2) is 4.08. The first kappa shape index (κ1) is 9.64. The summed E-state index contributed by atoms with van der Waals surface area (Å²) in [5.41, 5.74) is 7.37. The molecule has 15 heavy (non-hydrogen) atoms. The number of hydrogen-bond donors (Lipinski definition) is 1. The van der Waals surface area contributed by atoms with Gasteiger partial charge in [0.15, 0.2) is 0 Å². The van der Waals surface area contributed by atoms with Crippen molar-refractivity contribution in [3.63, 3.8) is 0 Å². The highest BCUT2D eigenvalue weighted by molar-refractivity contribution is 5.59. The second-order valence-corrected chi connectivity index (χ2v) is 3.32. The number of nitrogens with two attached hydrogens (primary N) is 1. The Labute approximate surface area is 88.0 Å². The standard InChI is InChI=1S/C10H13N5/c1-2-3-15-7-9(6-14-15)8-4-12-10(11)13-5-8/h4-7H,2-3H2,1H3,(H2,11,12,13). The van der Waals surface area contributed by atoms with Gasteiger partial charge in [-0.05, 0) is 6.42 Å². The Bertz CT molecular complexity index is 431. The van der Waals surface area contributed by atoms with E-state index in [-0.39, 0.29) is 0 Å². The maximum atomic E-state index is 5.41. The molecule has 0 saturated heterocycles. The largest absolute Gasteiger partial charge is 0.368 e. The van der Waals surface area contributed by atoms with E-state index in [1.54, 1.807) is 12.4 Å². The zero-order chi connectivity index (χ0) is 10.7. The van der Waals surface area contributed by atoms with Gasteiger partial charge in [0.2, 0.25) is 5.95 Å². The quantitative estimate of drug-likeness (QED) is 0.817. The molecule has 0 fully saturated rings. The molecule has 2 aromatic heterocycles. The average molecular weight is 203 g/mol. The van der Waals surface area contributed by atoms with Crippen LogP contribution in [0, 0.1) is 0 Å². The molecule has 0 aromatic carbocycles. The van der Waals surface area contributed by atoms with Gasteiger partial charge in [0.25, 0.3) is 0 Å². The first-order valence-electron chi connectivity index (χ1n) is 4.90. The highest BCUT2D eigenvalue weighted by Gasteiger charge is 2.01. The van der Waals surface area contributed by atoms with E-state index >= 15 is 0 Å². The molecular formula is C10H13N5. The van der Waals surface area contributed by atoms with Crippen LogP contribution in [0.3, 0.4) is 0 Å². The lowest BCUT2D eigenvalue weighted by atomic mass is 10.2. The minimum atomic E-state index is 0.291. The van der Waals surface area contributed by atoms with Crippen LogP contribution in [0.5, 0.6) is 0 Å². The van der Waals surface area contributed by atoms with Crippen LogP contribution >= 0.6 is 0 Å². The molecule has 0 aliphatic heterocycles. The molecule has 0 unspecified atom stereocenters. The van der Waals surface area contributed by atoms with E-state index < -0.39 is 0 Å². The normalized spacial score (nSPS) is 10.5. The molecule has 2 aromatic rings. The molecule has 0 bridgehead atoms. The minimum absolute atomic E-state index is 0.291. The Kier molecular flexibility index (Phi) is 2.62. The van der Waals surface area contributed by atoms with E-state index in [1.165, 1.54) is 0 Å².